The Bertz CT molecular complexity index is 512. The van der Waals surface area contributed by atoms with E-state index < -0.39 is 0 Å². The van der Waals surface area contributed by atoms with E-state index in [9.17, 15) is 0 Å². The zero-order valence-corrected chi connectivity index (χ0v) is 11.3. The molecule has 0 N–H and O–H groups in total. The summed E-state index contributed by atoms with van der Waals surface area (Å²) < 4.78 is 6.31. The quantitative estimate of drug-likeness (QED) is 0.652. The van der Waals surface area contributed by atoms with E-state index in [2.05, 4.69) is 31.9 Å². The van der Waals surface area contributed by atoms with E-state index in [1.54, 1.807) is 0 Å². The van der Waals surface area contributed by atoms with Crippen molar-refractivity contribution in [3.63, 3.8) is 0 Å². The third kappa shape index (κ3) is 2.55. The lowest BCUT2D eigenvalue weighted by Crippen LogP contribution is -2.39. The maximum Gasteiger partial charge on any atom is 0.137 e. The molecule has 1 nitrogen and oxygen atoms in total. The maximum absolute atomic E-state index is 6.31. The Balaban J connectivity index is 2.51. The first-order chi connectivity index (χ1) is 9.25. The first-order valence-corrected chi connectivity index (χ1v) is 6.57. The fraction of sp³-hybridized carbons (Fsp3) is 0.222. The summed E-state index contributed by atoms with van der Waals surface area (Å²) in [5.41, 5.74) is 2.01. The molecule has 0 saturated carbocycles. The van der Waals surface area contributed by atoms with Gasteiger partial charge in [-0.2, -0.15) is 0 Å². The molecule has 0 fully saturated rings. The highest BCUT2D eigenvalue weighted by Gasteiger charge is 2.36. The Kier molecular flexibility index (Phi) is 4.06. The molecule has 0 bridgehead atoms. The monoisotopic (exact) mass is 252 g/mol. The van der Waals surface area contributed by atoms with Crippen LogP contribution in [-0.2, 0) is 0 Å². The summed E-state index contributed by atoms with van der Waals surface area (Å²) >= 11 is 0. The van der Waals surface area contributed by atoms with Crippen molar-refractivity contribution in [1.82, 2.24) is 0 Å². The predicted molar refractivity (Wildman–Crippen MR) is 82.2 cm³/mol. The molecule has 0 spiro atoms. The average Bonchev–Trinajstić information content (AvgIpc) is 2.40. The van der Waals surface area contributed by atoms with Gasteiger partial charge in [-0.15, -0.1) is 19.7 Å². The molecule has 0 aliphatic carbocycles. The number of fused-ring (bicyclic) bond motifs is 1. The highest BCUT2D eigenvalue weighted by atomic mass is 16.5. The predicted octanol–water partition coefficient (Wildman–Crippen LogP) is 4.93. The molecular weight excluding hydrogens is 232 g/mol. The second kappa shape index (κ2) is 5.75. The summed E-state index contributed by atoms with van der Waals surface area (Å²) in [5.74, 6) is 0.930. The van der Waals surface area contributed by atoms with Crippen molar-refractivity contribution in [3.8, 4) is 5.75 Å². The second-order valence-electron chi connectivity index (χ2n) is 4.78. The van der Waals surface area contributed by atoms with Gasteiger partial charge >= 0.3 is 0 Å². The summed E-state index contributed by atoms with van der Waals surface area (Å²) in [6.45, 7) is 11.6. The minimum atomic E-state index is -0.355. The number of hydrogen-bond donors (Lipinski definition) is 0. The van der Waals surface area contributed by atoms with Crippen molar-refractivity contribution in [2.24, 2.45) is 0 Å². The van der Waals surface area contributed by atoms with Crippen LogP contribution in [0.25, 0.3) is 6.08 Å². The van der Waals surface area contributed by atoms with Gasteiger partial charge < -0.3 is 4.74 Å². The Morgan fingerprint density at radius 3 is 2.32 bits per heavy atom. The van der Waals surface area contributed by atoms with Gasteiger partial charge in [-0.25, -0.2) is 0 Å². The van der Waals surface area contributed by atoms with E-state index in [0.717, 1.165) is 30.6 Å². The van der Waals surface area contributed by atoms with Gasteiger partial charge in [0.15, 0.2) is 0 Å². The number of rotatable bonds is 6. The van der Waals surface area contributed by atoms with Crippen LogP contribution in [0.4, 0.5) is 0 Å². The SMILES string of the molecule is C=CCC1=Cc2ccccc2OC1(CC=C)CC=C. The Morgan fingerprint density at radius 1 is 1.00 bits per heavy atom. The molecule has 0 saturated heterocycles. The molecule has 0 atom stereocenters. The molecule has 19 heavy (non-hydrogen) atoms. The van der Waals surface area contributed by atoms with Gasteiger partial charge in [0, 0.05) is 18.4 Å². The van der Waals surface area contributed by atoms with Crippen LogP contribution in [0, 0.1) is 0 Å². The molecule has 1 heterocycles. The minimum absolute atomic E-state index is 0.355. The largest absolute Gasteiger partial charge is 0.482 e. The van der Waals surface area contributed by atoms with Crippen molar-refractivity contribution < 1.29 is 4.74 Å². The topological polar surface area (TPSA) is 9.23 Å². The molecule has 2 rings (SSSR count). The zero-order chi connectivity index (χ0) is 13.7. The van der Waals surface area contributed by atoms with E-state index in [1.807, 2.05) is 36.4 Å². The van der Waals surface area contributed by atoms with Crippen LogP contribution < -0.4 is 4.74 Å². The summed E-state index contributed by atoms with van der Waals surface area (Å²) in [6.07, 6.45) is 10.3. The van der Waals surface area contributed by atoms with Gasteiger partial charge in [0.05, 0.1) is 0 Å². The summed E-state index contributed by atoms with van der Waals surface area (Å²) in [4.78, 5) is 0. The lowest BCUT2D eigenvalue weighted by atomic mass is 9.81. The summed E-state index contributed by atoms with van der Waals surface area (Å²) in [5, 5.41) is 0. The Hall–Kier alpha value is -2.02. The molecular formula is C18H20O. The van der Waals surface area contributed by atoms with Crippen molar-refractivity contribution in [2.75, 3.05) is 0 Å². The fourth-order valence-corrected chi connectivity index (χ4v) is 2.58. The molecule has 0 unspecified atom stereocenters. The van der Waals surface area contributed by atoms with Gasteiger partial charge in [-0.1, -0.05) is 36.4 Å². The second-order valence-corrected chi connectivity index (χ2v) is 4.78. The van der Waals surface area contributed by atoms with Gasteiger partial charge in [0.25, 0.3) is 0 Å². The van der Waals surface area contributed by atoms with Crippen LogP contribution >= 0.6 is 0 Å². The van der Waals surface area contributed by atoms with E-state index >= 15 is 0 Å². The van der Waals surface area contributed by atoms with Crippen LogP contribution in [0.15, 0.2) is 67.8 Å². The molecule has 98 valence electrons. The van der Waals surface area contributed by atoms with E-state index in [0.29, 0.717) is 0 Å². The molecule has 1 aliphatic heterocycles. The highest BCUT2D eigenvalue weighted by molar-refractivity contribution is 5.65. The number of benzene rings is 1. The van der Waals surface area contributed by atoms with Crippen LogP contribution in [0.2, 0.25) is 0 Å². The van der Waals surface area contributed by atoms with Crippen molar-refractivity contribution in [3.05, 3.63) is 73.4 Å². The average molecular weight is 252 g/mol. The van der Waals surface area contributed by atoms with E-state index in [1.165, 1.54) is 5.57 Å². The normalized spacial score (nSPS) is 15.7. The molecule has 1 aromatic carbocycles. The Labute approximate surface area is 115 Å². The van der Waals surface area contributed by atoms with Gasteiger partial charge in [-0.05, 0) is 24.1 Å². The van der Waals surface area contributed by atoms with Crippen LogP contribution in [0.3, 0.4) is 0 Å². The molecule has 1 heteroatoms. The third-order valence-electron chi connectivity index (χ3n) is 3.45. The number of allylic oxidation sites excluding steroid dienone is 1. The summed E-state index contributed by atoms with van der Waals surface area (Å²) in [6, 6.07) is 8.11. The first kappa shape index (κ1) is 13.4. The molecule has 0 amide bonds. The van der Waals surface area contributed by atoms with Crippen molar-refractivity contribution >= 4 is 6.08 Å². The smallest absolute Gasteiger partial charge is 0.137 e. The van der Waals surface area contributed by atoms with Crippen LogP contribution in [0.1, 0.15) is 24.8 Å². The van der Waals surface area contributed by atoms with E-state index in [4.69, 9.17) is 4.74 Å². The minimum Gasteiger partial charge on any atom is -0.482 e. The lowest BCUT2D eigenvalue weighted by molar-refractivity contribution is 0.108. The van der Waals surface area contributed by atoms with Crippen molar-refractivity contribution in [2.45, 2.75) is 24.9 Å². The van der Waals surface area contributed by atoms with Crippen molar-refractivity contribution in [1.29, 1.82) is 0 Å². The molecule has 1 aromatic rings. The molecule has 1 aliphatic rings. The third-order valence-corrected chi connectivity index (χ3v) is 3.45. The van der Waals surface area contributed by atoms with Crippen LogP contribution in [0.5, 0.6) is 5.75 Å². The summed E-state index contributed by atoms with van der Waals surface area (Å²) in [7, 11) is 0. The molecule has 0 aromatic heterocycles. The lowest BCUT2D eigenvalue weighted by Gasteiger charge is -2.39. The van der Waals surface area contributed by atoms with Gasteiger partial charge in [0.1, 0.15) is 11.4 Å². The standard InChI is InChI=1S/C18H20O/c1-4-9-16-14-15-10-7-8-11-17(15)19-18(16,12-5-2)13-6-3/h4-8,10-11,14H,1-3,9,12-13H2. The van der Waals surface area contributed by atoms with E-state index in [-0.39, 0.29) is 5.60 Å². The fourth-order valence-electron chi connectivity index (χ4n) is 2.58. The number of para-hydroxylation sites is 1. The number of ether oxygens (including phenoxy) is 1. The highest BCUT2D eigenvalue weighted by Crippen LogP contribution is 2.41. The van der Waals surface area contributed by atoms with Crippen LogP contribution in [-0.4, -0.2) is 5.60 Å². The van der Waals surface area contributed by atoms with Gasteiger partial charge in [-0.3, -0.25) is 0 Å². The molecule has 0 radical (unpaired) electrons. The maximum atomic E-state index is 6.31. The first-order valence-electron chi connectivity index (χ1n) is 6.57. The number of hydrogen-bond acceptors (Lipinski definition) is 1. The van der Waals surface area contributed by atoms with Gasteiger partial charge in [0.2, 0.25) is 0 Å². The Morgan fingerprint density at radius 2 is 1.68 bits per heavy atom. The zero-order valence-electron chi connectivity index (χ0n) is 11.3.